The third-order valence-electron chi connectivity index (χ3n) is 3.30. The maximum absolute atomic E-state index is 5.98. The van der Waals surface area contributed by atoms with Gasteiger partial charge in [-0.25, -0.2) is 0 Å². The first-order chi connectivity index (χ1) is 9.35. The van der Waals surface area contributed by atoms with Gasteiger partial charge in [-0.3, -0.25) is 0 Å². The quantitative estimate of drug-likeness (QED) is 0.818. The third kappa shape index (κ3) is 5.83. The van der Waals surface area contributed by atoms with Gasteiger partial charge >= 0.3 is 0 Å². The van der Waals surface area contributed by atoms with E-state index in [9.17, 15) is 0 Å². The Morgan fingerprint density at radius 1 is 1.25 bits per heavy atom. The molecule has 1 aromatic rings. The van der Waals surface area contributed by atoms with Crippen molar-refractivity contribution in [3.63, 3.8) is 0 Å². The zero-order chi connectivity index (χ0) is 15.2. The molecule has 0 amide bonds. The minimum atomic E-state index is 0.0912. The van der Waals surface area contributed by atoms with Crippen LogP contribution in [-0.4, -0.2) is 19.3 Å². The largest absolute Gasteiger partial charge is 0.497 e. The first-order valence-corrected chi connectivity index (χ1v) is 7.40. The molecule has 0 saturated heterocycles. The van der Waals surface area contributed by atoms with Crippen molar-refractivity contribution in [2.24, 2.45) is 5.92 Å². The first kappa shape index (κ1) is 16.8. The third-order valence-corrected chi connectivity index (χ3v) is 3.30. The predicted octanol–water partition coefficient (Wildman–Crippen LogP) is 4.01. The van der Waals surface area contributed by atoms with Crippen molar-refractivity contribution in [2.45, 2.75) is 53.1 Å². The highest BCUT2D eigenvalue weighted by Crippen LogP contribution is 2.26. The fourth-order valence-electron chi connectivity index (χ4n) is 1.65. The Morgan fingerprint density at radius 2 is 1.95 bits per heavy atom. The summed E-state index contributed by atoms with van der Waals surface area (Å²) < 4.78 is 11.3. The Balaban J connectivity index is 2.80. The maximum Gasteiger partial charge on any atom is 0.127 e. The molecular formula is C17H29NO2. The number of hydrogen-bond acceptors (Lipinski definition) is 3. The minimum absolute atomic E-state index is 0.0912. The fourth-order valence-corrected chi connectivity index (χ4v) is 1.65. The van der Waals surface area contributed by atoms with E-state index in [1.165, 1.54) is 5.56 Å². The topological polar surface area (TPSA) is 30.5 Å². The number of methoxy groups -OCH3 is 1. The molecule has 0 heterocycles. The standard InChI is InChI=1S/C17H29NO2/c1-7-13(2)12-20-16-10-15(19-6)9-8-14(16)11-18-17(3,4)5/h8-10,13,18H,7,11-12H2,1-6H3. The zero-order valence-corrected chi connectivity index (χ0v) is 13.7. The smallest absolute Gasteiger partial charge is 0.127 e. The van der Waals surface area contributed by atoms with Crippen LogP contribution in [0.3, 0.4) is 0 Å². The molecule has 1 atom stereocenters. The molecule has 1 aromatic carbocycles. The number of hydrogen-bond donors (Lipinski definition) is 1. The lowest BCUT2D eigenvalue weighted by atomic mass is 10.1. The van der Waals surface area contributed by atoms with Crippen molar-refractivity contribution in [1.29, 1.82) is 0 Å². The molecule has 0 spiro atoms. The molecule has 114 valence electrons. The molecule has 0 radical (unpaired) electrons. The van der Waals surface area contributed by atoms with Crippen LogP contribution in [0, 0.1) is 5.92 Å². The molecule has 0 aliphatic heterocycles. The second-order valence-electron chi connectivity index (χ2n) is 6.40. The van der Waals surface area contributed by atoms with Gasteiger partial charge in [0.15, 0.2) is 0 Å². The van der Waals surface area contributed by atoms with Crippen LogP contribution < -0.4 is 14.8 Å². The summed E-state index contributed by atoms with van der Waals surface area (Å²) in [6, 6.07) is 6.03. The number of rotatable bonds is 7. The fraction of sp³-hybridized carbons (Fsp3) is 0.647. The SMILES string of the molecule is CCC(C)COc1cc(OC)ccc1CNC(C)(C)C. The van der Waals surface area contributed by atoms with E-state index in [0.717, 1.165) is 31.1 Å². The molecule has 1 unspecified atom stereocenters. The summed E-state index contributed by atoms with van der Waals surface area (Å²) in [5, 5.41) is 3.50. The summed E-state index contributed by atoms with van der Waals surface area (Å²) in [6.45, 7) is 12.4. The van der Waals surface area contributed by atoms with E-state index in [1.54, 1.807) is 7.11 Å². The summed E-state index contributed by atoms with van der Waals surface area (Å²) in [5.41, 5.74) is 1.26. The van der Waals surface area contributed by atoms with Gasteiger partial charge < -0.3 is 14.8 Å². The van der Waals surface area contributed by atoms with E-state index in [0.29, 0.717) is 5.92 Å². The van der Waals surface area contributed by atoms with Crippen LogP contribution in [0.4, 0.5) is 0 Å². The second-order valence-corrected chi connectivity index (χ2v) is 6.40. The van der Waals surface area contributed by atoms with Crippen molar-refractivity contribution in [3.8, 4) is 11.5 Å². The lowest BCUT2D eigenvalue weighted by molar-refractivity contribution is 0.252. The molecule has 3 nitrogen and oxygen atoms in total. The van der Waals surface area contributed by atoms with Crippen molar-refractivity contribution in [2.75, 3.05) is 13.7 Å². The molecule has 1 N–H and O–H groups in total. The Kier molecular flexibility index (Phi) is 6.34. The summed E-state index contributed by atoms with van der Waals surface area (Å²) in [7, 11) is 1.68. The van der Waals surface area contributed by atoms with E-state index >= 15 is 0 Å². The number of nitrogens with one attached hydrogen (secondary N) is 1. The van der Waals surface area contributed by atoms with Gasteiger partial charge in [-0.15, -0.1) is 0 Å². The van der Waals surface area contributed by atoms with Crippen LogP contribution in [0.2, 0.25) is 0 Å². The number of benzene rings is 1. The van der Waals surface area contributed by atoms with Crippen molar-refractivity contribution in [3.05, 3.63) is 23.8 Å². The molecule has 0 bridgehead atoms. The van der Waals surface area contributed by atoms with Gasteiger partial charge in [0, 0.05) is 23.7 Å². The lowest BCUT2D eigenvalue weighted by Gasteiger charge is -2.22. The van der Waals surface area contributed by atoms with Crippen molar-refractivity contribution >= 4 is 0 Å². The van der Waals surface area contributed by atoms with Crippen molar-refractivity contribution in [1.82, 2.24) is 5.32 Å². The molecule has 20 heavy (non-hydrogen) atoms. The summed E-state index contributed by atoms with van der Waals surface area (Å²) in [6.07, 6.45) is 1.12. The van der Waals surface area contributed by atoms with Gasteiger partial charge in [0.2, 0.25) is 0 Å². The predicted molar refractivity (Wildman–Crippen MR) is 84.5 cm³/mol. The maximum atomic E-state index is 5.98. The molecule has 0 aromatic heterocycles. The first-order valence-electron chi connectivity index (χ1n) is 7.40. The average molecular weight is 279 g/mol. The normalized spacial score (nSPS) is 13.1. The van der Waals surface area contributed by atoms with Gasteiger partial charge in [-0.2, -0.15) is 0 Å². The van der Waals surface area contributed by atoms with Gasteiger partial charge in [0.25, 0.3) is 0 Å². The number of ether oxygens (including phenoxy) is 2. The molecule has 3 heteroatoms. The van der Waals surface area contributed by atoms with Crippen LogP contribution in [0.25, 0.3) is 0 Å². The Hall–Kier alpha value is -1.22. The highest BCUT2D eigenvalue weighted by molar-refractivity contribution is 5.40. The molecule has 0 fully saturated rings. The Labute approximate surface area is 123 Å². The molecular weight excluding hydrogens is 250 g/mol. The zero-order valence-electron chi connectivity index (χ0n) is 13.7. The molecule has 0 aliphatic carbocycles. The monoisotopic (exact) mass is 279 g/mol. The van der Waals surface area contributed by atoms with Crippen LogP contribution >= 0.6 is 0 Å². The van der Waals surface area contributed by atoms with E-state index in [-0.39, 0.29) is 5.54 Å². The van der Waals surface area contributed by atoms with Crippen molar-refractivity contribution < 1.29 is 9.47 Å². The van der Waals surface area contributed by atoms with E-state index in [4.69, 9.17) is 9.47 Å². The molecule has 0 aliphatic rings. The van der Waals surface area contributed by atoms with E-state index in [1.807, 2.05) is 12.1 Å². The van der Waals surface area contributed by atoms with Gasteiger partial charge in [0.1, 0.15) is 11.5 Å². The van der Waals surface area contributed by atoms with E-state index < -0.39 is 0 Å². The van der Waals surface area contributed by atoms with Crippen LogP contribution in [-0.2, 0) is 6.54 Å². The van der Waals surface area contributed by atoms with E-state index in [2.05, 4.69) is 46.0 Å². The Morgan fingerprint density at radius 3 is 2.50 bits per heavy atom. The van der Waals surface area contributed by atoms with Crippen LogP contribution in [0.15, 0.2) is 18.2 Å². The van der Waals surface area contributed by atoms with Crippen LogP contribution in [0.5, 0.6) is 11.5 Å². The Bertz CT molecular complexity index is 410. The minimum Gasteiger partial charge on any atom is -0.497 e. The molecule has 1 rings (SSSR count). The summed E-state index contributed by atoms with van der Waals surface area (Å²) in [4.78, 5) is 0. The van der Waals surface area contributed by atoms with Gasteiger partial charge in [-0.1, -0.05) is 26.3 Å². The van der Waals surface area contributed by atoms with Crippen LogP contribution in [0.1, 0.15) is 46.6 Å². The average Bonchev–Trinajstić information content (AvgIpc) is 2.41. The van der Waals surface area contributed by atoms with Gasteiger partial charge in [-0.05, 0) is 32.8 Å². The summed E-state index contributed by atoms with van der Waals surface area (Å²) >= 11 is 0. The highest BCUT2D eigenvalue weighted by Gasteiger charge is 2.12. The highest BCUT2D eigenvalue weighted by atomic mass is 16.5. The molecule has 0 saturated carbocycles. The van der Waals surface area contributed by atoms with Gasteiger partial charge in [0.05, 0.1) is 13.7 Å². The lowest BCUT2D eigenvalue weighted by Crippen LogP contribution is -2.35. The second kappa shape index (κ2) is 7.53. The summed E-state index contributed by atoms with van der Waals surface area (Å²) in [5.74, 6) is 2.31.